The van der Waals surface area contributed by atoms with Crippen molar-refractivity contribution in [2.45, 2.75) is 65.2 Å². The molecular weight excluding hydrogens is 571 g/mol. The van der Waals surface area contributed by atoms with E-state index < -0.39 is 23.5 Å². The van der Waals surface area contributed by atoms with E-state index in [0.29, 0.717) is 22.7 Å². The molecular formula is C36H37FN4O4. The minimum Gasteiger partial charge on any atom is -0.488 e. The smallest absolute Gasteiger partial charge is 0.329 e. The lowest BCUT2D eigenvalue weighted by molar-refractivity contribution is -0.157. The lowest BCUT2D eigenvalue weighted by atomic mass is 10.0. The predicted octanol–water partition coefficient (Wildman–Crippen LogP) is 7.06. The van der Waals surface area contributed by atoms with Gasteiger partial charge in [0.15, 0.2) is 5.65 Å². The first-order chi connectivity index (χ1) is 21.3. The minimum atomic E-state index is -0.979. The number of hydrogen-bond acceptors (Lipinski definition) is 6. The summed E-state index contributed by atoms with van der Waals surface area (Å²) in [5, 5.41) is 7.41. The van der Waals surface area contributed by atoms with E-state index in [-0.39, 0.29) is 23.4 Å². The van der Waals surface area contributed by atoms with E-state index in [9.17, 15) is 14.0 Å². The lowest BCUT2D eigenvalue weighted by Gasteiger charge is -2.25. The normalized spacial score (nSPS) is 12.5. The van der Waals surface area contributed by atoms with Crippen LogP contribution in [0.15, 0.2) is 91.3 Å². The minimum absolute atomic E-state index is 0.195. The molecule has 0 fully saturated rings. The first-order valence-electron chi connectivity index (χ1n) is 14.8. The van der Waals surface area contributed by atoms with E-state index in [1.165, 1.54) is 18.3 Å². The van der Waals surface area contributed by atoms with Gasteiger partial charge in [-0.05, 0) is 76.9 Å². The summed E-state index contributed by atoms with van der Waals surface area (Å²) in [6, 6.07) is 22.1. The quantitative estimate of drug-likeness (QED) is 0.190. The van der Waals surface area contributed by atoms with Gasteiger partial charge in [-0.2, -0.15) is 5.10 Å². The van der Waals surface area contributed by atoms with Crippen LogP contribution in [0.3, 0.4) is 0 Å². The van der Waals surface area contributed by atoms with Gasteiger partial charge < -0.3 is 14.8 Å². The Morgan fingerprint density at radius 2 is 1.51 bits per heavy atom. The maximum atomic E-state index is 13.8. The van der Waals surface area contributed by atoms with Crippen molar-refractivity contribution in [1.82, 2.24) is 19.9 Å². The topological polar surface area (TPSA) is 94.8 Å². The van der Waals surface area contributed by atoms with Gasteiger partial charge >= 0.3 is 5.97 Å². The predicted molar refractivity (Wildman–Crippen MR) is 171 cm³/mol. The highest BCUT2D eigenvalue weighted by molar-refractivity contribution is 6.02. The molecule has 0 saturated carbocycles. The van der Waals surface area contributed by atoms with Crippen molar-refractivity contribution < 1.29 is 23.5 Å². The molecule has 1 amide bonds. The van der Waals surface area contributed by atoms with Crippen LogP contribution in [-0.2, 0) is 16.0 Å². The molecule has 0 aliphatic heterocycles. The van der Waals surface area contributed by atoms with Crippen molar-refractivity contribution in [3.63, 3.8) is 0 Å². The van der Waals surface area contributed by atoms with Crippen LogP contribution in [0.5, 0.6) is 5.75 Å². The molecule has 1 atom stereocenters. The number of ether oxygens (including phenoxy) is 2. The number of halogens is 1. The zero-order chi connectivity index (χ0) is 32.4. The zero-order valence-corrected chi connectivity index (χ0v) is 26.3. The second kappa shape index (κ2) is 12.5. The Bertz CT molecular complexity index is 1800. The van der Waals surface area contributed by atoms with Crippen LogP contribution >= 0.6 is 0 Å². The number of fused-ring (bicyclic) bond motifs is 1. The SMILES string of the molecule is CC(C)(C)OC(=O)C(Cc1ccc(OC(C)(C)C)cc1)NC(=O)c1cnn2c(-c3ccccc3)c(-c3ccc(F)cc3)cnc12. The molecule has 5 rings (SSSR count). The van der Waals surface area contributed by atoms with Gasteiger partial charge in [-0.1, -0.05) is 54.6 Å². The summed E-state index contributed by atoms with van der Waals surface area (Å²) < 4.78 is 26.9. The van der Waals surface area contributed by atoms with E-state index in [4.69, 9.17) is 9.47 Å². The van der Waals surface area contributed by atoms with Gasteiger partial charge in [0.05, 0.1) is 11.9 Å². The standard InChI is InChI=1S/C36H37FN4O4/c1-35(2,3)44-27-18-12-23(13-19-27)20-30(34(43)45-36(4,5)6)40-33(42)29-22-39-41-31(25-10-8-7-9-11-25)28(21-38-32(29)41)24-14-16-26(37)17-15-24/h7-19,21-22,30H,20H2,1-6H3,(H,40,42). The molecule has 0 bridgehead atoms. The number of aromatic nitrogens is 3. The molecule has 45 heavy (non-hydrogen) atoms. The maximum Gasteiger partial charge on any atom is 0.329 e. The Hall–Kier alpha value is -5.05. The zero-order valence-electron chi connectivity index (χ0n) is 26.3. The number of benzene rings is 3. The van der Waals surface area contributed by atoms with Crippen LogP contribution in [0.25, 0.3) is 28.0 Å². The average Bonchev–Trinajstić information content (AvgIpc) is 3.41. The summed E-state index contributed by atoms with van der Waals surface area (Å²) in [4.78, 5) is 31.7. The largest absolute Gasteiger partial charge is 0.488 e. The Morgan fingerprint density at radius 3 is 2.13 bits per heavy atom. The molecule has 2 heterocycles. The van der Waals surface area contributed by atoms with Crippen LogP contribution in [0.2, 0.25) is 0 Å². The molecule has 0 spiro atoms. The molecule has 232 valence electrons. The monoisotopic (exact) mass is 608 g/mol. The highest BCUT2D eigenvalue weighted by Crippen LogP contribution is 2.32. The highest BCUT2D eigenvalue weighted by Gasteiger charge is 2.29. The summed E-state index contributed by atoms with van der Waals surface area (Å²) in [5.74, 6) is -0.718. The molecule has 0 aliphatic carbocycles. The number of esters is 1. The van der Waals surface area contributed by atoms with Crippen LogP contribution < -0.4 is 10.1 Å². The molecule has 1 unspecified atom stereocenters. The van der Waals surface area contributed by atoms with Crippen LogP contribution in [-0.4, -0.2) is 43.7 Å². The summed E-state index contributed by atoms with van der Waals surface area (Å²) in [6.07, 6.45) is 3.28. The number of hydrogen-bond donors (Lipinski definition) is 1. The molecule has 5 aromatic rings. The molecule has 0 saturated heterocycles. The van der Waals surface area contributed by atoms with Crippen molar-refractivity contribution in [3.8, 4) is 28.1 Å². The van der Waals surface area contributed by atoms with Crippen molar-refractivity contribution in [2.24, 2.45) is 0 Å². The van der Waals surface area contributed by atoms with Gasteiger partial charge in [0, 0.05) is 23.7 Å². The van der Waals surface area contributed by atoms with Gasteiger partial charge in [-0.15, -0.1) is 0 Å². The van der Waals surface area contributed by atoms with E-state index in [1.54, 1.807) is 43.6 Å². The third kappa shape index (κ3) is 7.73. The molecule has 0 radical (unpaired) electrons. The van der Waals surface area contributed by atoms with E-state index in [2.05, 4.69) is 15.4 Å². The van der Waals surface area contributed by atoms with Crippen molar-refractivity contribution >= 4 is 17.5 Å². The lowest BCUT2D eigenvalue weighted by Crippen LogP contribution is -2.45. The Labute approximate surface area is 262 Å². The van der Waals surface area contributed by atoms with E-state index >= 15 is 0 Å². The average molecular weight is 609 g/mol. The van der Waals surface area contributed by atoms with Gasteiger partial charge in [0.1, 0.15) is 34.4 Å². The molecule has 8 nitrogen and oxygen atoms in total. The number of carbonyl (C=O) groups is 2. The fourth-order valence-electron chi connectivity index (χ4n) is 4.89. The maximum absolute atomic E-state index is 13.8. The first kappa shape index (κ1) is 31.4. The number of amides is 1. The number of nitrogens with zero attached hydrogens (tertiary/aromatic N) is 3. The second-order valence-electron chi connectivity index (χ2n) is 12.8. The summed E-state index contributed by atoms with van der Waals surface area (Å²) in [5.41, 5.74) is 3.21. The fourth-order valence-corrected chi connectivity index (χ4v) is 4.89. The number of rotatable bonds is 8. The molecule has 1 N–H and O–H groups in total. The Balaban J connectivity index is 1.49. The molecule has 9 heteroatoms. The van der Waals surface area contributed by atoms with Gasteiger partial charge in [0.2, 0.25) is 0 Å². The van der Waals surface area contributed by atoms with E-state index in [1.807, 2.05) is 75.4 Å². The van der Waals surface area contributed by atoms with E-state index in [0.717, 1.165) is 16.7 Å². The van der Waals surface area contributed by atoms with Crippen LogP contribution in [0.1, 0.15) is 57.5 Å². The number of nitrogens with one attached hydrogen (secondary N) is 1. The summed E-state index contributed by atoms with van der Waals surface area (Å²) in [6.45, 7) is 11.2. The fraction of sp³-hybridized carbons (Fsp3) is 0.278. The van der Waals surface area contributed by atoms with Crippen molar-refractivity contribution in [3.05, 3.63) is 108 Å². The van der Waals surface area contributed by atoms with Gasteiger partial charge in [-0.25, -0.2) is 18.7 Å². The summed E-state index contributed by atoms with van der Waals surface area (Å²) >= 11 is 0. The van der Waals surface area contributed by atoms with Gasteiger partial charge in [0.25, 0.3) is 5.91 Å². The third-order valence-electron chi connectivity index (χ3n) is 6.76. The molecule has 0 aliphatic rings. The Morgan fingerprint density at radius 1 is 0.844 bits per heavy atom. The summed E-state index contributed by atoms with van der Waals surface area (Å²) in [7, 11) is 0. The van der Waals surface area contributed by atoms with Crippen LogP contribution in [0, 0.1) is 5.82 Å². The third-order valence-corrected chi connectivity index (χ3v) is 6.76. The Kier molecular flexibility index (Phi) is 8.73. The first-order valence-corrected chi connectivity index (χ1v) is 14.8. The van der Waals surface area contributed by atoms with Gasteiger partial charge in [-0.3, -0.25) is 4.79 Å². The second-order valence-corrected chi connectivity index (χ2v) is 12.8. The molecule has 3 aromatic carbocycles. The van der Waals surface area contributed by atoms with Crippen molar-refractivity contribution in [1.29, 1.82) is 0 Å². The highest BCUT2D eigenvalue weighted by atomic mass is 19.1. The number of carbonyl (C=O) groups excluding carboxylic acids is 2. The van der Waals surface area contributed by atoms with Crippen LogP contribution in [0.4, 0.5) is 4.39 Å². The molecule has 2 aromatic heterocycles. The van der Waals surface area contributed by atoms with Crippen molar-refractivity contribution in [2.75, 3.05) is 0 Å².